The number of hydrogen-bond acceptors (Lipinski definition) is 5. The third kappa shape index (κ3) is 4.60. The molecular weight excluding hydrogens is 194 g/mol. The van der Waals surface area contributed by atoms with E-state index in [1.807, 2.05) is 0 Å². The minimum Gasteiger partial charge on any atom is -0.494 e. The van der Waals surface area contributed by atoms with Crippen LogP contribution in [0.3, 0.4) is 0 Å². The van der Waals surface area contributed by atoms with Gasteiger partial charge in [0.1, 0.15) is 0 Å². The predicted octanol–water partition coefficient (Wildman–Crippen LogP) is 1.32. The number of anilines is 1. The standard InChI is InChI=1S/C10H17N3O2/c1-14-6-4-3-5-11-10-12-7-9(15-2)8-13-10/h7-8H,3-6H2,1-2H3,(H,11,12,13). The highest BCUT2D eigenvalue weighted by Crippen LogP contribution is 2.06. The van der Waals surface area contributed by atoms with E-state index in [4.69, 9.17) is 9.47 Å². The Kier molecular flexibility index (Phi) is 5.47. The van der Waals surface area contributed by atoms with Crippen molar-refractivity contribution in [3.05, 3.63) is 12.4 Å². The summed E-state index contributed by atoms with van der Waals surface area (Å²) in [6, 6.07) is 0. The Labute approximate surface area is 89.8 Å². The number of aromatic nitrogens is 2. The van der Waals surface area contributed by atoms with Crippen molar-refractivity contribution in [2.75, 3.05) is 32.7 Å². The van der Waals surface area contributed by atoms with Crippen molar-refractivity contribution in [3.63, 3.8) is 0 Å². The van der Waals surface area contributed by atoms with Crippen molar-refractivity contribution in [1.29, 1.82) is 0 Å². The molecule has 0 aromatic carbocycles. The summed E-state index contributed by atoms with van der Waals surface area (Å²) < 4.78 is 9.91. The number of ether oxygens (including phenoxy) is 2. The van der Waals surface area contributed by atoms with Crippen LogP contribution in [0.5, 0.6) is 5.75 Å². The average Bonchev–Trinajstić information content (AvgIpc) is 2.30. The molecule has 0 aliphatic heterocycles. The number of nitrogens with one attached hydrogen (secondary N) is 1. The van der Waals surface area contributed by atoms with Crippen LogP contribution in [-0.2, 0) is 4.74 Å². The van der Waals surface area contributed by atoms with Crippen molar-refractivity contribution in [1.82, 2.24) is 9.97 Å². The molecule has 84 valence electrons. The highest BCUT2D eigenvalue weighted by Gasteiger charge is 1.95. The molecule has 1 rings (SSSR count). The molecule has 0 saturated carbocycles. The second-order valence-electron chi connectivity index (χ2n) is 3.07. The lowest BCUT2D eigenvalue weighted by Gasteiger charge is -2.04. The van der Waals surface area contributed by atoms with Crippen molar-refractivity contribution < 1.29 is 9.47 Å². The lowest BCUT2D eigenvalue weighted by atomic mass is 10.3. The molecule has 0 aliphatic carbocycles. The first-order chi connectivity index (χ1) is 7.36. The molecule has 15 heavy (non-hydrogen) atoms. The van der Waals surface area contributed by atoms with Crippen LogP contribution in [-0.4, -0.2) is 37.3 Å². The molecule has 1 heterocycles. The second-order valence-corrected chi connectivity index (χ2v) is 3.07. The van der Waals surface area contributed by atoms with Gasteiger partial charge >= 0.3 is 0 Å². The Bertz CT molecular complexity index is 264. The summed E-state index contributed by atoms with van der Waals surface area (Å²) in [5, 5.41) is 3.12. The summed E-state index contributed by atoms with van der Waals surface area (Å²) in [6.45, 7) is 1.65. The molecule has 0 saturated heterocycles. The second kappa shape index (κ2) is 7.00. The van der Waals surface area contributed by atoms with Crippen molar-refractivity contribution >= 4 is 5.95 Å². The monoisotopic (exact) mass is 211 g/mol. The molecule has 1 aromatic rings. The van der Waals surface area contributed by atoms with E-state index in [-0.39, 0.29) is 0 Å². The summed E-state index contributed by atoms with van der Waals surface area (Å²) in [5.41, 5.74) is 0. The fraction of sp³-hybridized carbons (Fsp3) is 0.600. The van der Waals surface area contributed by atoms with Gasteiger partial charge in [0.25, 0.3) is 0 Å². The molecule has 0 unspecified atom stereocenters. The van der Waals surface area contributed by atoms with Gasteiger partial charge in [-0.25, -0.2) is 9.97 Å². The Morgan fingerprint density at radius 1 is 1.20 bits per heavy atom. The van der Waals surface area contributed by atoms with Crippen LogP contribution in [0.4, 0.5) is 5.95 Å². The van der Waals surface area contributed by atoms with Gasteiger partial charge in [-0.1, -0.05) is 0 Å². The highest BCUT2D eigenvalue weighted by atomic mass is 16.5. The first-order valence-electron chi connectivity index (χ1n) is 4.95. The Hall–Kier alpha value is -1.36. The topological polar surface area (TPSA) is 56.3 Å². The van der Waals surface area contributed by atoms with Gasteiger partial charge in [-0.3, -0.25) is 0 Å². The average molecular weight is 211 g/mol. The van der Waals surface area contributed by atoms with E-state index in [2.05, 4.69) is 15.3 Å². The molecule has 0 atom stereocenters. The predicted molar refractivity (Wildman–Crippen MR) is 58.2 cm³/mol. The summed E-state index contributed by atoms with van der Waals surface area (Å²) in [6.07, 6.45) is 5.37. The van der Waals surface area contributed by atoms with Gasteiger partial charge in [-0.15, -0.1) is 0 Å². The number of unbranched alkanes of at least 4 members (excludes halogenated alkanes) is 1. The zero-order chi connectivity index (χ0) is 10.9. The summed E-state index contributed by atoms with van der Waals surface area (Å²) in [5.74, 6) is 1.30. The molecule has 0 bridgehead atoms. The third-order valence-corrected chi connectivity index (χ3v) is 1.92. The summed E-state index contributed by atoms with van der Waals surface area (Å²) >= 11 is 0. The Morgan fingerprint density at radius 2 is 1.93 bits per heavy atom. The SMILES string of the molecule is COCCCCNc1ncc(OC)cn1. The first-order valence-corrected chi connectivity index (χ1v) is 4.95. The van der Waals surface area contributed by atoms with E-state index in [0.717, 1.165) is 26.0 Å². The van der Waals surface area contributed by atoms with Gasteiger partial charge in [0, 0.05) is 20.3 Å². The minimum absolute atomic E-state index is 0.633. The summed E-state index contributed by atoms with van der Waals surface area (Å²) in [4.78, 5) is 8.18. The fourth-order valence-corrected chi connectivity index (χ4v) is 1.08. The lowest BCUT2D eigenvalue weighted by Crippen LogP contribution is -2.06. The molecule has 0 radical (unpaired) electrons. The molecule has 0 fully saturated rings. The molecule has 5 heteroatoms. The van der Waals surface area contributed by atoms with Crippen LogP contribution in [0.25, 0.3) is 0 Å². The number of rotatable bonds is 7. The van der Waals surface area contributed by atoms with Crippen molar-refractivity contribution in [3.8, 4) is 5.75 Å². The molecule has 1 N–H and O–H groups in total. The van der Waals surface area contributed by atoms with Gasteiger partial charge < -0.3 is 14.8 Å². The van der Waals surface area contributed by atoms with Crippen LogP contribution in [0, 0.1) is 0 Å². The lowest BCUT2D eigenvalue weighted by molar-refractivity contribution is 0.193. The zero-order valence-electron chi connectivity index (χ0n) is 9.19. The van der Waals surface area contributed by atoms with Gasteiger partial charge in [-0.05, 0) is 12.8 Å². The van der Waals surface area contributed by atoms with Crippen LogP contribution >= 0.6 is 0 Å². The molecule has 0 aliphatic rings. The summed E-state index contributed by atoms with van der Waals surface area (Å²) in [7, 11) is 3.30. The van der Waals surface area contributed by atoms with E-state index in [1.165, 1.54) is 0 Å². The van der Waals surface area contributed by atoms with Gasteiger partial charge in [0.05, 0.1) is 19.5 Å². The Morgan fingerprint density at radius 3 is 2.53 bits per heavy atom. The maximum Gasteiger partial charge on any atom is 0.222 e. The quantitative estimate of drug-likeness (QED) is 0.689. The fourth-order valence-electron chi connectivity index (χ4n) is 1.08. The molecule has 1 aromatic heterocycles. The molecule has 0 spiro atoms. The first kappa shape index (κ1) is 11.7. The van der Waals surface area contributed by atoms with E-state index >= 15 is 0 Å². The molecular formula is C10H17N3O2. The van der Waals surface area contributed by atoms with Crippen LogP contribution < -0.4 is 10.1 Å². The molecule has 5 nitrogen and oxygen atoms in total. The number of hydrogen-bond donors (Lipinski definition) is 1. The number of nitrogens with zero attached hydrogens (tertiary/aromatic N) is 2. The zero-order valence-corrected chi connectivity index (χ0v) is 9.19. The third-order valence-electron chi connectivity index (χ3n) is 1.92. The maximum absolute atomic E-state index is 4.96. The maximum atomic E-state index is 4.96. The smallest absolute Gasteiger partial charge is 0.222 e. The number of methoxy groups -OCH3 is 2. The van der Waals surface area contributed by atoms with E-state index < -0.39 is 0 Å². The normalized spacial score (nSPS) is 10.0. The highest BCUT2D eigenvalue weighted by molar-refractivity contribution is 5.26. The van der Waals surface area contributed by atoms with Gasteiger partial charge in [0.2, 0.25) is 5.95 Å². The van der Waals surface area contributed by atoms with Crippen LogP contribution in [0.15, 0.2) is 12.4 Å². The van der Waals surface area contributed by atoms with Gasteiger partial charge in [-0.2, -0.15) is 0 Å². The molecule has 0 amide bonds. The largest absolute Gasteiger partial charge is 0.494 e. The Balaban J connectivity index is 2.20. The van der Waals surface area contributed by atoms with E-state index in [1.54, 1.807) is 26.6 Å². The van der Waals surface area contributed by atoms with Crippen LogP contribution in [0.2, 0.25) is 0 Å². The van der Waals surface area contributed by atoms with Crippen LogP contribution in [0.1, 0.15) is 12.8 Å². The van der Waals surface area contributed by atoms with Crippen molar-refractivity contribution in [2.24, 2.45) is 0 Å². The minimum atomic E-state index is 0.633. The van der Waals surface area contributed by atoms with Gasteiger partial charge in [0.15, 0.2) is 5.75 Å². The van der Waals surface area contributed by atoms with E-state index in [9.17, 15) is 0 Å². The van der Waals surface area contributed by atoms with E-state index in [0.29, 0.717) is 11.7 Å². The van der Waals surface area contributed by atoms with Crippen molar-refractivity contribution in [2.45, 2.75) is 12.8 Å².